The summed E-state index contributed by atoms with van der Waals surface area (Å²) in [6.07, 6.45) is 0. The van der Waals surface area contributed by atoms with Gasteiger partial charge in [-0.25, -0.2) is 4.79 Å². The molecule has 0 fully saturated rings. The Morgan fingerprint density at radius 2 is 1.50 bits per heavy atom. The molecule has 0 aromatic heterocycles. The fraction of sp³-hybridized carbons (Fsp3) is 0.333. The lowest BCUT2D eigenvalue weighted by Crippen LogP contribution is -2.17. The third kappa shape index (κ3) is 3.34. The highest BCUT2D eigenvalue weighted by Crippen LogP contribution is 2.50. The number of esters is 1. The number of hydrogen-bond acceptors (Lipinski definition) is 3. The second kappa shape index (κ2) is 6.79. The van der Waals surface area contributed by atoms with Gasteiger partial charge in [0.05, 0.1) is 16.8 Å². The van der Waals surface area contributed by atoms with E-state index in [0.717, 1.165) is 20.1 Å². The van der Waals surface area contributed by atoms with Gasteiger partial charge in [0.2, 0.25) is 0 Å². The molecule has 2 aliphatic rings. The van der Waals surface area contributed by atoms with Crippen molar-refractivity contribution >= 4 is 60.6 Å². The Bertz CT molecular complexity index is 1160. The molecule has 4 rings (SSSR count). The Hall–Kier alpha value is -1.92. The van der Waals surface area contributed by atoms with Gasteiger partial charge in [-0.15, -0.1) is 0 Å². The highest BCUT2D eigenvalue weighted by Gasteiger charge is 2.40. The normalized spacial score (nSPS) is 18.3. The van der Waals surface area contributed by atoms with Gasteiger partial charge >= 0.3 is 5.97 Å². The van der Waals surface area contributed by atoms with Crippen LogP contribution in [-0.2, 0) is 20.4 Å². The summed E-state index contributed by atoms with van der Waals surface area (Å²) in [5.41, 5.74) is 4.40. The number of halogens is 2. The summed E-state index contributed by atoms with van der Waals surface area (Å²) in [6.45, 7) is 12.7. The number of anilines is 1. The lowest BCUT2D eigenvalue weighted by Gasteiger charge is -2.26. The van der Waals surface area contributed by atoms with Gasteiger partial charge in [0.1, 0.15) is 5.75 Å². The third-order valence-corrected chi connectivity index (χ3v) is 6.55. The van der Waals surface area contributed by atoms with E-state index in [-0.39, 0.29) is 16.7 Å². The molecule has 30 heavy (non-hydrogen) atoms. The van der Waals surface area contributed by atoms with Crippen LogP contribution in [0.2, 0.25) is 0 Å². The molecule has 6 heteroatoms. The van der Waals surface area contributed by atoms with Crippen LogP contribution in [0.5, 0.6) is 5.75 Å². The third-order valence-electron chi connectivity index (χ3n) is 5.47. The summed E-state index contributed by atoms with van der Waals surface area (Å²) >= 11 is 6.99. The average molecular weight is 533 g/mol. The maximum atomic E-state index is 13.1. The smallest absolute Gasteiger partial charge is 0.345 e. The van der Waals surface area contributed by atoms with Crippen molar-refractivity contribution in [3.8, 4) is 5.75 Å². The minimum atomic E-state index is -0.490. The zero-order chi connectivity index (χ0) is 22.2. The van der Waals surface area contributed by atoms with Crippen LogP contribution >= 0.6 is 31.9 Å². The molecule has 0 unspecified atom stereocenters. The topological polar surface area (TPSA) is 55.4 Å². The lowest BCUT2D eigenvalue weighted by molar-refractivity contribution is -0.127. The van der Waals surface area contributed by atoms with Crippen molar-refractivity contribution in [3.63, 3.8) is 0 Å². The predicted octanol–water partition coefficient (Wildman–Crippen LogP) is 6.59. The standard InChI is InChI=1S/C24H23Br2NO3/c1-23(2,3)11-7-14-18(22(29)30-20(14)15(8-11)24(4,5)6)17-13-9-12(25)10-16(26)19(13)27-21(17)28/h7-10H,1-6H3,(H,27,28). The molecule has 0 aliphatic carbocycles. The van der Waals surface area contributed by atoms with E-state index in [1.165, 1.54) is 0 Å². The molecule has 156 valence electrons. The fourth-order valence-corrected chi connectivity index (χ4v) is 5.17. The van der Waals surface area contributed by atoms with Gasteiger partial charge < -0.3 is 10.1 Å². The van der Waals surface area contributed by atoms with Crippen LogP contribution < -0.4 is 10.1 Å². The van der Waals surface area contributed by atoms with E-state index in [2.05, 4.69) is 84.8 Å². The summed E-state index contributed by atoms with van der Waals surface area (Å²) in [5, 5.41) is 2.89. The number of nitrogens with one attached hydrogen (secondary N) is 1. The second-order valence-electron chi connectivity index (χ2n) is 9.80. The first-order valence-electron chi connectivity index (χ1n) is 9.75. The molecular formula is C24H23Br2NO3. The molecule has 0 saturated heterocycles. The highest BCUT2D eigenvalue weighted by atomic mass is 79.9. The molecule has 2 aromatic rings. The summed E-state index contributed by atoms with van der Waals surface area (Å²) < 4.78 is 7.35. The number of fused-ring (bicyclic) bond motifs is 2. The van der Waals surface area contributed by atoms with Crippen LogP contribution in [0, 0.1) is 0 Å². The molecule has 0 radical (unpaired) electrons. The molecule has 0 spiro atoms. The van der Waals surface area contributed by atoms with Crippen molar-refractivity contribution in [1.29, 1.82) is 0 Å². The van der Waals surface area contributed by atoms with Crippen molar-refractivity contribution in [3.05, 3.63) is 55.5 Å². The Balaban J connectivity index is 2.09. The Labute approximate surface area is 193 Å². The number of rotatable bonds is 0. The summed E-state index contributed by atoms with van der Waals surface area (Å²) in [4.78, 5) is 26.1. The highest BCUT2D eigenvalue weighted by molar-refractivity contribution is 9.11. The van der Waals surface area contributed by atoms with Gasteiger partial charge in [-0.05, 0) is 50.5 Å². The molecule has 0 atom stereocenters. The number of benzene rings is 2. The molecular weight excluding hydrogens is 510 g/mol. The number of carbonyl (C=O) groups is 2. The number of hydrogen-bond donors (Lipinski definition) is 1. The Morgan fingerprint density at radius 1 is 0.833 bits per heavy atom. The van der Waals surface area contributed by atoms with Crippen LogP contribution in [0.25, 0.3) is 11.1 Å². The van der Waals surface area contributed by atoms with E-state index >= 15 is 0 Å². The molecule has 2 aliphatic heterocycles. The number of carbonyl (C=O) groups excluding carboxylic acids is 2. The summed E-state index contributed by atoms with van der Waals surface area (Å²) in [6, 6.07) is 7.83. The lowest BCUT2D eigenvalue weighted by atomic mass is 9.78. The van der Waals surface area contributed by atoms with E-state index in [4.69, 9.17) is 4.74 Å². The zero-order valence-corrected chi connectivity index (χ0v) is 21.0. The number of amides is 1. The minimum absolute atomic E-state index is 0.127. The summed E-state index contributed by atoms with van der Waals surface area (Å²) in [5.74, 6) is -0.240. The van der Waals surface area contributed by atoms with Crippen LogP contribution in [0.3, 0.4) is 0 Å². The van der Waals surface area contributed by atoms with Gasteiger partial charge in [0, 0.05) is 25.6 Å². The molecule has 0 bridgehead atoms. The first kappa shape index (κ1) is 21.3. The van der Waals surface area contributed by atoms with E-state index < -0.39 is 5.97 Å². The van der Waals surface area contributed by atoms with Gasteiger partial charge in [-0.2, -0.15) is 0 Å². The van der Waals surface area contributed by atoms with Crippen LogP contribution in [0.4, 0.5) is 5.69 Å². The zero-order valence-electron chi connectivity index (χ0n) is 17.8. The monoisotopic (exact) mass is 531 g/mol. The molecule has 0 saturated carbocycles. The van der Waals surface area contributed by atoms with Crippen molar-refractivity contribution in [2.75, 3.05) is 5.32 Å². The average Bonchev–Trinajstić information content (AvgIpc) is 3.08. The van der Waals surface area contributed by atoms with Gasteiger partial charge in [-0.3, -0.25) is 4.79 Å². The van der Waals surface area contributed by atoms with Crippen LogP contribution in [0.1, 0.15) is 63.8 Å². The molecule has 1 N–H and O–H groups in total. The summed E-state index contributed by atoms with van der Waals surface area (Å²) in [7, 11) is 0. The maximum absolute atomic E-state index is 13.1. The molecule has 4 nitrogen and oxygen atoms in total. The molecule has 2 aromatic carbocycles. The first-order valence-corrected chi connectivity index (χ1v) is 11.3. The maximum Gasteiger partial charge on any atom is 0.345 e. The minimum Gasteiger partial charge on any atom is -0.422 e. The van der Waals surface area contributed by atoms with E-state index in [1.807, 2.05) is 18.2 Å². The first-order chi connectivity index (χ1) is 13.8. The Kier molecular flexibility index (Phi) is 4.83. The van der Waals surface area contributed by atoms with Crippen molar-refractivity contribution in [2.45, 2.75) is 52.4 Å². The largest absolute Gasteiger partial charge is 0.422 e. The van der Waals surface area contributed by atoms with Gasteiger partial charge in [0.15, 0.2) is 0 Å². The van der Waals surface area contributed by atoms with E-state index in [0.29, 0.717) is 33.7 Å². The second-order valence-corrected chi connectivity index (χ2v) is 11.6. The molecule has 1 amide bonds. The SMILES string of the molecule is CC(C)(C)c1cc2c(c(C(C)(C)C)c1)OC(=O)C2=C1C(=O)Nc2c(Br)cc(Br)cc21. The van der Waals surface area contributed by atoms with Gasteiger partial charge in [0.25, 0.3) is 5.91 Å². The Morgan fingerprint density at radius 3 is 2.10 bits per heavy atom. The van der Waals surface area contributed by atoms with Crippen LogP contribution in [0.15, 0.2) is 33.2 Å². The van der Waals surface area contributed by atoms with E-state index in [1.54, 1.807) is 0 Å². The van der Waals surface area contributed by atoms with Crippen molar-refractivity contribution in [2.24, 2.45) is 0 Å². The fourth-order valence-electron chi connectivity index (χ4n) is 3.85. The van der Waals surface area contributed by atoms with Crippen molar-refractivity contribution < 1.29 is 14.3 Å². The van der Waals surface area contributed by atoms with Gasteiger partial charge in [-0.1, -0.05) is 63.5 Å². The van der Waals surface area contributed by atoms with Crippen molar-refractivity contribution in [1.82, 2.24) is 0 Å². The predicted molar refractivity (Wildman–Crippen MR) is 127 cm³/mol. The quantitative estimate of drug-likeness (QED) is 0.236. The number of ether oxygens (including phenoxy) is 1. The molecule has 2 heterocycles. The van der Waals surface area contributed by atoms with Crippen LogP contribution in [-0.4, -0.2) is 11.9 Å². The van der Waals surface area contributed by atoms with E-state index in [9.17, 15) is 9.59 Å².